The van der Waals surface area contributed by atoms with Crippen molar-refractivity contribution in [3.63, 3.8) is 0 Å². The number of nitrogens with zero attached hydrogens (tertiary/aromatic N) is 1. The largest absolute Gasteiger partial charge is 0.303 e. The van der Waals surface area contributed by atoms with Crippen molar-refractivity contribution in [3.8, 4) is 0 Å². The van der Waals surface area contributed by atoms with Crippen LogP contribution < -0.4 is 0 Å². The van der Waals surface area contributed by atoms with Crippen LogP contribution >= 0.6 is 9.39 Å². The second kappa shape index (κ2) is 2.81. The molecule has 0 aliphatic carbocycles. The van der Waals surface area contributed by atoms with Gasteiger partial charge in [0, 0.05) is 13.1 Å². The minimum atomic E-state index is -0.108. The van der Waals surface area contributed by atoms with Gasteiger partial charge in [-0.15, -0.1) is 6.58 Å². The van der Waals surface area contributed by atoms with Gasteiger partial charge in [-0.25, -0.2) is 0 Å². The highest BCUT2D eigenvalue weighted by molar-refractivity contribution is 7.13. The highest BCUT2D eigenvalue weighted by Crippen LogP contribution is 2.34. The van der Waals surface area contributed by atoms with Crippen LogP contribution in [0.5, 0.6) is 0 Å². The van der Waals surface area contributed by atoms with Crippen LogP contribution in [0.2, 0.25) is 0 Å². The van der Waals surface area contributed by atoms with E-state index in [4.69, 9.17) is 0 Å². The Morgan fingerprint density at radius 2 is 2.30 bits per heavy atom. The summed E-state index contributed by atoms with van der Waals surface area (Å²) in [6.07, 6.45) is 3.67. The number of allylic oxidation sites excluding steroid dienone is 1. The molecular weight excluding hydrogens is 145 g/mol. The molecule has 0 aromatic heterocycles. The maximum absolute atomic E-state index is 10.6. The molecule has 0 radical (unpaired) electrons. The molecule has 0 N–H and O–H groups in total. The number of hydrogen-bond acceptors (Lipinski definition) is 2. The van der Waals surface area contributed by atoms with E-state index in [1.165, 1.54) is 0 Å². The second-order valence-corrected chi connectivity index (χ2v) is 3.61. The Bertz CT molecular complexity index is 152. The molecule has 56 valence electrons. The fourth-order valence-electron chi connectivity index (χ4n) is 1.30. The van der Waals surface area contributed by atoms with Crippen LogP contribution in [0.15, 0.2) is 12.7 Å². The van der Waals surface area contributed by atoms with Crippen LogP contribution in [0.4, 0.5) is 0 Å². The smallest absolute Gasteiger partial charge is 0.129 e. The third kappa shape index (κ3) is 1.28. The number of rotatable bonds is 3. The maximum atomic E-state index is 10.6. The first-order valence-corrected chi connectivity index (χ1v) is 3.81. The van der Waals surface area contributed by atoms with Crippen molar-refractivity contribution < 1.29 is 4.79 Å². The topological polar surface area (TPSA) is 20.3 Å². The van der Waals surface area contributed by atoms with E-state index in [0.717, 1.165) is 25.8 Å². The molecule has 1 heterocycles. The Kier molecular flexibility index (Phi) is 2.22. The zero-order valence-electron chi connectivity index (χ0n) is 5.92. The molecule has 0 spiro atoms. The molecule has 0 bridgehead atoms. The quantitative estimate of drug-likeness (QED) is 0.344. The van der Waals surface area contributed by atoms with Crippen molar-refractivity contribution in [2.45, 2.75) is 6.42 Å². The standard InChI is InChI=1S/C7H12NOP/c1-2-3-7(6-9)4-8(10)5-7/h2,6H,1,3-5,10H2. The van der Waals surface area contributed by atoms with Crippen molar-refractivity contribution in [2.75, 3.05) is 13.1 Å². The van der Waals surface area contributed by atoms with Gasteiger partial charge in [0.25, 0.3) is 0 Å². The van der Waals surface area contributed by atoms with Crippen LogP contribution in [0.3, 0.4) is 0 Å². The summed E-state index contributed by atoms with van der Waals surface area (Å²) < 4.78 is 2.05. The molecule has 2 nitrogen and oxygen atoms in total. The lowest BCUT2D eigenvalue weighted by molar-refractivity contribution is -0.121. The van der Waals surface area contributed by atoms with Crippen LogP contribution in [-0.4, -0.2) is 24.0 Å². The van der Waals surface area contributed by atoms with E-state index >= 15 is 0 Å². The van der Waals surface area contributed by atoms with E-state index in [1.54, 1.807) is 0 Å². The normalized spacial score (nSPS) is 23.3. The molecule has 1 unspecified atom stereocenters. The number of carbonyl (C=O) groups is 1. The molecule has 1 atom stereocenters. The third-order valence-corrected chi connectivity index (χ3v) is 2.20. The highest BCUT2D eigenvalue weighted by Gasteiger charge is 2.39. The second-order valence-electron chi connectivity index (χ2n) is 2.88. The molecule has 10 heavy (non-hydrogen) atoms. The Morgan fingerprint density at radius 1 is 1.70 bits per heavy atom. The van der Waals surface area contributed by atoms with Crippen molar-refractivity contribution >= 4 is 15.7 Å². The third-order valence-electron chi connectivity index (χ3n) is 1.84. The average molecular weight is 157 g/mol. The van der Waals surface area contributed by atoms with Gasteiger partial charge >= 0.3 is 0 Å². The SMILES string of the molecule is C=CCC1(C=O)CN(P)C1. The van der Waals surface area contributed by atoms with Crippen LogP contribution in [-0.2, 0) is 4.79 Å². The number of aldehydes is 1. The number of carbonyl (C=O) groups excluding carboxylic acids is 1. The van der Waals surface area contributed by atoms with Gasteiger partial charge in [-0.1, -0.05) is 15.5 Å². The fraction of sp³-hybridized carbons (Fsp3) is 0.571. The van der Waals surface area contributed by atoms with Crippen LogP contribution in [0.1, 0.15) is 6.42 Å². The molecule has 1 rings (SSSR count). The van der Waals surface area contributed by atoms with Crippen molar-refractivity contribution in [2.24, 2.45) is 5.41 Å². The molecule has 3 heteroatoms. The van der Waals surface area contributed by atoms with E-state index < -0.39 is 0 Å². The van der Waals surface area contributed by atoms with E-state index in [1.807, 2.05) is 6.08 Å². The van der Waals surface area contributed by atoms with Crippen LogP contribution in [0, 0.1) is 5.41 Å². The molecule has 0 saturated carbocycles. The summed E-state index contributed by atoms with van der Waals surface area (Å²) in [5.41, 5.74) is -0.108. The summed E-state index contributed by atoms with van der Waals surface area (Å²) in [5.74, 6) is 0. The maximum Gasteiger partial charge on any atom is 0.129 e. The predicted molar refractivity (Wildman–Crippen MR) is 44.6 cm³/mol. The first kappa shape index (κ1) is 7.90. The van der Waals surface area contributed by atoms with Gasteiger partial charge in [0.15, 0.2) is 0 Å². The van der Waals surface area contributed by atoms with Crippen LogP contribution in [0.25, 0.3) is 0 Å². The summed E-state index contributed by atoms with van der Waals surface area (Å²) in [6, 6.07) is 0. The zero-order chi connectivity index (χ0) is 7.61. The summed E-state index contributed by atoms with van der Waals surface area (Å²) in [5, 5.41) is 0. The van der Waals surface area contributed by atoms with Gasteiger partial charge in [0.1, 0.15) is 6.29 Å². The van der Waals surface area contributed by atoms with Gasteiger partial charge in [-0.05, 0) is 6.42 Å². The number of hydrogen-bond donors (Lipinski definition) is 0. The monoisotopic (exact) mass is 157 g/mol. The van der Waals surface area contributed by atoms with E-state index in [9.17, 15) is 4.79 Å². The molecule has 0 aromatic carbocycles. The fourth-order valence-corrected chi connectivity index (χ4v) is 2.03. The van der Waals surface area contributed by atoms with Gasteiger partial charge in [-0.2, -0.15) is 0 Å². The molecule has 1 saturated heterocycles. The van der Waals surface area contributed by atoms with Gasteiger partial charge in [-0.3, -0.25) is 4.67 Å². The minimum Gasteiger partial charge on any atom is -0.303 e. The summed E-state index contributed by atoms with van der Waals surface area (Å²) in [6.45, 7) is 5.33. The average Bonchev–Trinajstić information content (AvgIpc) is 1.84. The lowest BCUT2D eigenvalue weighted by Crippen LogP contribution is -2.52. The van der Waals surface area contributed by atoms with Crippen molar-refractivity contribution in [3.05, 3.63) is 12.7 Å². The first-order chi connectivity index (χ1) is 4.72. The van der Waals surface area contributed by atoms with Gasteiger partial charge in [0.2, 0.25) is 0 Å². The van der Waals surface area contributed by atoms with E-state index in [2.05, 4.69) is 20.6 Å². The van der Waals surface area contributed by atoms with Gasteiger partial charge in [0.05, 0.1) is 5.41 Å². The zero-order valence-corrected chi connectivity index (χ0v) is 7.07. The van der Waals surface area contributed by atoms with E-state index in [-0.39, 0.29) is 5.41 Å². The Labute approximate surface area is 63.5 Å². The van der Waals surface area contributed by atoms with Crippen molar-refractivity contribution in [1.82, 2.24) is 4.67 Å². The Morgan fingerprint density at radius 3 is 2.60 bits per heavy atom. The van der Waals surface area contributed by atoms with Crippen molar-refractivity contribution in [1.29, 1.82) is 0 Å². The molecule has 1 fully saturated rings. The molecule has 1 aliphatic rings. The molecular formula is C7H12NOP. The predicted octanol–water partition coefficient (Wildman–Crippen LogP) is 0.853. The Balaban J connectivity index is 2.47. The summed E-state index contributed by atoms with van der Waals surface area (Å²) >= 11 is 0. The highest BCUT2D eigenvalue weighted by atomic mass is 31.0. The summed E-state index contributed by atoms with van der Waals surface area (Å²) in [7, 11) is 2.58. The van der Waals surface area contributed by atoms with E-state index in [0.29, 0.717) is 0 Å². The molecule has 1 aliphatic heterocycles. The molecule has 0 amide bonds. The van der Waals surface area contributed by atoms with Gasteiger partial charge < -0.3 is 4.79 Å². The summed E-state index contributed by atoms with van der Waals surface area (Å²) in [4.78, 5) is 10.6. The lowest BCUT2D eigenvalue weighted by atomic mass is 9.80. The minimum absolute atomic E-state index is 0.108. The lowest BCUT2D eigenvalue weighted by Gasteiger charge is -2.43. The first-order valence-electron chi connectivity index (χ1n) is 3.29. The Hall–Kier alpha value is -0.200. The molecule has 0 aromatic rings.